The smallest absolute Gasteiger partial charge is 0.263 e. The quantitative estimate of drug-likeness (QED) is 0.0674. The lowest BCUT2D eigenvalue weighted by Crippen LogP contribution is -2.52. The third-order valence-electron chi connectivity index (χ3n) is 5.13. The number of unbranched alkanes of at least 4 members (excludes halogenated alkanes) is 1. The van der Waals surface area contributed by atoms with Gasteiger partial charge in [0.1, 0.15) is 23.9 Å². The lowest BCUT2D eigenvalue weighted by atomic mass is 10.1. The minimum Gasteiger partial charge on any atom is -0.368 e. The molecule has 14 heteroatoms. The van der Waals surface area contributed by atoms with E-state index in [0.29, 0.717) is 31.4 Å². The first kappa shape index (κ1) is 30.8. The second-order valence-electron chi connectivity index (χ2n) is 8.11. The van der Waals surface area contributed by atoms with Crippen LogP contribution in [0.15, 0.2) is 35.6 Å². The highest BCUT2D eigenvalue weighted by molar-refractivity contribution is 5.96. The Kier molecular flexibility index (Phi) is 13.7. The molecule has 0 aliphatic carbocycles. The Morgan fingerprint density at radius 2 is 1.68 bits per heavy atom. The van der Waals surface area contributed by atoms with Crippen molar-refractivity contribution < 1.29 is 28.4 Å². The van der Waals surface area contributed by atoms with E-state index < -0.39 is 53.5 Å². The summed E-state index contributed by atoms with van der Waals surface area (Å²) < 4.78 is 13.0. The second kappa shape index (κ2) is 16.5. The monoisotopic (exact) mass is 520 g/mol. The van der Waals surface area contributed by atoms with Gasteiger partial charge in [-0.1, -0.05) is 17.4 Å². The van der Waals surface area contributed by atoms with Crippen molar-refractivity contribution in [1.29, 1.82) is 5.53 Å². The summed E-state index contributed by atoms with van der Waals surface area (Å²) in [5.74, 6) is -3.89. The zero-order valence-corrected chi connectivity index (χ0v) is 20.5. The van der Waals surface area contributed by atoms with E-state index in [1.54, 1.807) is 0 Å². The number of nitrogens with zero attached hydrogens (tertiary/aromatic N) is 1. The lowest BCUT2D eigenvalue weighted by Gasteiger charge is -2.20. The standard InChI is InChI=1S/C23H33FN8O5/c1-14(28-19(33)11-7-15-5-8-16(24)9-6-15)22(36)30-18(23(37)31-32-27)10-12-20(34)29-17(21(26)35)4-2-3-13-25/h5-9,11,14,17-18H,2-4,10,12-13,25H2,1H3,(H2,26,35)(H,28,33)(H,29,34)(H,30,36)(H2,27,31,37)/b11-7+/t14?,17?,18-/m0/s1. The van der Waals surface area contributed by atoms with E-state index in [4.69, 9.17) is 17.0 Å². The molecule has 1 rings (SSSR count). The lowest BCUT2D eigenvalue weighted by molar-refractivity contribution is -0.132. The molecule has 5 amide bonds. The number of hydrogen-bond donors (Lipinski definition) is 7. The number of carbonyl (C=O) groups excluding carboxylic acids is 5. The summed E-state index contributed by atoms with van der Waals surface area (Å²) in [6.45, 7) is 1.81. The third kappa shape index (κ3) is 12.4. The van der Waals surface area contributed by atoms with Crippen LogP contribution in [0, 0.1) is 11.3 Å². The molecule has 37 heavy (non-hydrogen) atoms. The van der Waals surface area contributed by atoms with Gasteiger partial charge < -0.3 is 27.4 Å². The fraction of sp³-hybridized carbons (Fsp3) is 0.435. The number of nitrogens with two attached hydrogens (primary N) is 2. The highest BCUT2D eigenvalue weighted by atomic mass is 19.1. The van der Waals surface area contributed by atoms with E-state index in [2.05, 4.69) is 21.2 Å². The molecule has 0 heterocycles. The van der Waals surface area contributed by atoms with Crippen LogP contribution in [0.5, 0.6) is 0 Å². The third-order valence-corrected chi connectivity index (χ3v) is 5.13. The minimum atomic E-state index is -1.26. The fourth-order valence-corrected chi connectivity index (χ4v) is 3.09. The number of primary amides is 1. The molecular weight excluding hydrogens is 487 g/mol. The zero-order valence-electron chi connectivity index (χ0n) is 20.5. The van der Waals surface area contributed by atoms with Crippen molar-refractivity contribution in [3.63, 3.8) is 0 Å². The Hall–Kier alpha value is -4.20. The fourth-order valence-electron chi connectivity index (χ4n) is 3.09. The molecule has 0 aliphatic heterocycles. The summed E-state index contributed by atoms with van der Waals surface area (Å²) in [6, 6.07) is 2.18. The van der Waals surface area contributed by atoms with Crippen LogP contribution in [0.3, 0.4) is 0 Å². The Bertz CT molecular complexity index is 986. The van der Waals surface area contributed by atoms with Gasteiger partial charge in [0, 0.05) is 12.5 Å². The minimum absolute atomic E-state index is 0.182. The van der Waals surface area contributed by atoms with Gasteiger partial charge in [-0.2, -0.15) is 5.53 Å². The van der Waals surface area contributed by atoms with Gasteiger partial charge in [-0.3, -0.25) is 24.0 Å². The molecule has 1 aromatic carbocycles. The van der Waals surface area contributed by atoms with Crippen molar-refractivity contribution in [2.24, 2.45) is 16.7 Å². The summed E-state index contributed by atoms with van der Waals surface area (Å²) in [5, 5.41) is 10.1. The predicted octanol–water partition coefficient (Wildman–Crippen LogP) is -0.230. The maximum Gasteiger partial charge on any atom is 0.263 e. The second-order valence-corrected chi connectivity index (χ2v) is 8.11. The van der Waals surface area contributed by atoms with Crippen molar-refractivity contribution in [2.75, 3.05) is 6.54 Å². The van der Waals surface area contributed by atoms with Gasteiger partial charge in [-0.25, -0.2) is 9.82 Å². The van der Waals surface area contributed by atoms with Gasteiger partial charge in [0.2, 0.25) is 23.6 Å². The van der Waals surface area contributed by atoms with Gasteiger partial charge in [0.25, 0.3) is 5.91 Å². The first-order valence-electron chi connectivity index (χ1n) is 11.6. The molecule has 0 aromatic heterocycles. The maximum absolute atomic E-state index is 13.0. The van der Waals surface area contributed by atoms with Crippen molar-refractivity contribution in [3.05, 3.63) is 41.7 Å². The summed E-state index contributed by atoms with van der Waals surface area (Å²) >= 11 is 0. The zero-order chi connectivity index (χ0) is 27.8. The topological polar surface area (TPSA) is 222 Å². The Labute approximate surface area is 213 Å². The van der Waals surface area contributed by atoms with Gasteiger partial charge in [-0.05, 0) is 62.9 Å². The van der Waals surface area contributed by atoms with Crippen molar-refractivity contribution >= 4 is 35.6 Å². The van der Waals surface area contributed by atoms with E-state index in [-0.39, 0.29) is 12.8 Å². The molecule has 202 valence electrons. The van der Waals surface area contributed by atoms with Gasteiger partial charge in [-0.15, -0.1) is 0 Å². The number of rotatable bonds is 16. The highest BCUT2D eigenvalue weighted by Gasteiger charge is 2.26. The van der Waals surface area contributed by atoms with E-state index in [9.17, 15) is 28.4 Å². The van der Waals surface area contributed by atoms with Crippen molar-refractivity contribution in [1.82, 2.24) is 21.4 Å². The highest BCUT2D eigenvalue weighted by Crippen LogP contribution is 2.05. The van der Waals surface area contributed by atoms with Crippen LogP contribution in [-0.2, 0) is 24.0 Å². The Balaban J connectivity index is 2.68. The summed E-state index contributed by atoms with van der Waals surface area (Å²) in [7, 11) is 0. The first-order valence-corrected chi connectivity index (χ1v) is 11.6. The van der Waals surface area contributed by atoms with Crippen LogP contribution in [0.2, 0.25) is 0 Å². The van der Waals surface area contributed by atoms with Gasteiger partial charge in [0.05, 0.1) is 0 Å². The molecule has 0 radical (unpaired) electrons. The Morgan fingerprint density at radius 1 is 1.00 bits per heavy atom. The number of halogens is 1. The molecule has 1 aromatic rings. The average molecular weight is 521 g/mol. The summed E-state index contributed by atoms with van der Waals surface area (Å²) in [6.07, 6.45) is 3.70. The molecule has 2 unspecified atom stereocenters. The number of benzene rings is 1. The normalized spacial score (nSPS) is 13.2. The van der Waals surface area contributed by atoms with E-state index in [1.807, 2.05) is 5.43 Å². The predicted molar refractivity (Wildman–Crippen MR) is 132 cm³/mol. The number of carbonyl (C=O) groups is 5. The number of nitrogens with one attached hydrogen (secondary N) is 5. The average Bonchev–Trinajstić information content (AvgIpc) is 2.85. The molecule has 9 N–H and O–H groups in total. The largest absolute Gasteiger partial charge is 0.368 e. The summed E-state index contributed by atoms with van der Waals surface area (Å²) in [5.41, 5.74) is 20.0. The molecule has 0 fully saturated rings. The number of amides is 5. The summed E-state index contributed by atoms with van der Waals surface area (Å²) in [4.78, 5) is 60.8. The molecule has 0 spiro atoms. The maximum atomic E-state index is 13.0. The van der Waals surface area contributed by atoms with Crippen molar-refractivity contribution in [2.45, 2.75) is 57.2 Å². The van der Waals surface area contributed by atoms with Crippen LogP contribution < -0.4 is 32.8 Å². The molecule has 13 nitrogen and oxygen atoms in total. The molecule has 3 atom stereocenters. The van der Waals surface area contributed by atoms with Crippen molar-refractivity contribution in [3.8, 4) is 0 Å². The van der Waals surface area contributed by atoms with Crippen LogP contribution in [0.25, 0.3) is 6.08 Å². The van der Waals surface area contributed by atoms with Gasteiger partial charge >= 0.3 is 0 Å². The first-order chi connectivity index (χ1) is 17.6. The molecular formula is C23H33FN8O5. The Morgan fingerprint density at radius 3 is 2.27 bits per heavy atom. The van der Waals surface area contributed by atoms with E-state index in [1.165, 1.54) is 37.3 Å². The van der Waals surface area contributed by atoms with Crippen LogP contribution in [0.4, 0.5) is 4.39 Å². The molecule has 0 saturated heterocycles. The number of hydrogen-bond acceptors (Lipinski definition) is 8. The van der Waals surface area contributed by atoms with Gasteiger partial charge in [0.15, 0.2) is 0 Å². The molecule has 0 aliphatic rings. The van der Waals surface area contributed by atoms with Crippen LogP contribution in [-0.4, -0.2) is 54.2 Å². The SMILES string of the molecule is CC(NC(=O)/C=C/c1ccc(F)cc1)C(=O)N[C@@H](CCC(=O)NC(CCCCN)C(N)=O)C(=O)NN=N. The van der Waals surface area contributed by atoms with Crippen LogP contribution >= 0.6 is 0 Å². The van der Waals surface area contributed by atoms with E-state index >= 15 is 0 Å². The van der Waals surface area contributed by atoms with E-state index in [0.717, 1.165) is 6.08 Å². The molecule has 0 saturated carbocycles. The van der Waals surface area contributed by atoms with Crippen LogP contribution in [0.1, 0.15) is 44.6 Å². The molecule has 0 bridgehead atoms.